The molecule has 1 unspecified atom stereocenters. The molecule has 0 radical (unpaired) electrons. The predicted molar refractivity (Wildman–Crippen MR) is 59.5 cm³/mol. The lowest BCUT2D eigenvalue weighted by Gasteiger charge is -2.18. The smallest absolute Gasteiger partial charge is 0.239 e. The number of methoxy groups -OCH3 is 1. The van der Waals surface area contributed by atoms with Crippen molar-refractivity contribution >= 4 is 5.91 Å². The van der Waals surface area contributed by atoms with Crippen molar-refractivity contribution < 1.29 is 9.53 Å². The number of carbonyl (C=O) groups excluding carboxylic acids is 1. The van der Waals surface area contributed by atoms with Gasteiger partial charge in [-0.15, -0.1) is 0 Å². The van der Waals surface area contributed by atoms with E-state index in [0.717, 1.165) is 12.8 Å². The van der Waals surface area contributed by atoms with Crippen LogP contribution in [0.5, 0.6) is 0 Å². The van der Waals surface area contributed by atoms with Crippen molar-refractivity contribution in [3.63, 3.8) is 0 Å². The summed E-state index contributed by atoms with van der Waals surface area (Å²) in [4.78, 5) is 11.6. The molecule has 0 aliphatic heterocycles. The fourth-order valence-electron chi connectivity index (χ4n) is 1.99. The third-order valence-corrected chi connectivity index (χ3v) is 2.88. The Morgan fingerprint density at radius 1 is 1.40 bits per heavy atom. The predicted octanol–water partition coefficient (Wildman–Crippen LogP) is 0.799. The summed E-state index contributed by atoms with van der Waals surface area (Å²) in [6, 6.07) is -0.207. The van der Waals surface area contributed by atoms with Crippen molar-refractivity contribution in [2.24, 2.45) is 5.73 Å². The summed E-state index contributed by atoms with van der Waals surface area (Å²) in [5, 5.41) is 3.00. The van der Waals surface area contributed by atoms with E-state index in [9.17, 15) is 4.79 Å². The van der Waals surface area contributed by atoms with E-state index in [2.05, 4.69) is 5.32 Å². The van der Waals surface area contributed by atoms with Crippen molar-refractivity contribution in [1.29, 1.82) is 0 Å². The van der Waals surface area contributed by atoms with Gasteiger partial charge in [0.25, 0.3) is 0 Å². The van der Waals surface area contributed by atoms with Gasteiger partial charge < -0.3 is 15.8 Å². The lowest BCUT2D eigenvalue weighted by molar-refractivity contribution is -0.124. The molecule has 0 spiro atoms. The topological polar surface area (TPSA) is 64.3 Å². The van der Waals surface area contributed by atoms with Crippen LogP contribution >= 0.6 is 0 Å². The molecule has 4 nitrogen and oxygen atoms in total. The Morgan fingerprint density at radius 2 is 2.00 bits per heavy atom. The van der Waals surface area contributed by atoms with E-state index in [1.165, 1.54) is 25.7 Å². The van der Waals surface area contributed by atoms with Crippen molar-refractivity contribution in [3.8, 4) is 0 Å². The highest BCUT2D eigenvalue weighted by molar-refractivity contribution is 5.81. The summed E-state index contributed by atoms with van der Waals surface area (Å²) in [5.41, 5.74) is 5.65. The molecule has 0 saturated heterocycles. The Kier molecular flexibility index (Phi) is 5.65. The zero-order valence-electron chi connectivity index (χ0n) is 9.50. The molecule has 3 N–H and O–H groups in total. The van der Waals surface area contributed by atoms with Gasteiger partial charge in [0.1, 0.15) is 6.04 Å². The van der Waals surface area contributed by atoms with Gasteiger partial charge in [0.2, 0.25) is 5.91 Å². The maximum absolute atomic E-state index is 11.6. The van der Waals surface area contributed by atoms with Gasteiger partial charge in [-0.05, 0) is 12.8 Å². The molecule has 1 atom stereocenters. The first kappa shape index (κ1) is 12.5. The van der Waals surface area contributed by atoms with Gasteiger partial charge in [-0.25, -0.2) is 0 Å². The molecule has 0 aromatic heterocycles. The second-order valence-corrected chi connectivity index (χ2v) is 4.26. The van der Waals surface area contributed by atoms with Crippen LogP contribution in [0.1, 0.15) is 38.5 Å². The van der Waals surface area contributed by atoms with Gasteiger partial charge in [0, 0.05) is 13.2 Å². The van der Waals surface area contributed by atoms with E-state index >= 15 is 0 Å². The van der Waals surface area contributed by atoms with Crippen LogP contribution in [0.15, 0.2) is 0 Å². The number of ether oxygens (including phenoxy) is 1. The molecule has 1 amide bonds. The second-order valence-electron chi connectivity index (χ2n) is 4.26. The Morgan fingerprint density at radius 3 is 2.53 bits per heavy atom. The van der Waals surface area contributed by atoms with E-state index in [1.807, 2.05) is 0 Å². The molecule has 88 valence electrons. The number of nitrogens with one attached hydrogen (secondary N) is 1. The third kappa shape index (κ3) is 4.62. The Hall–Kier alpha value is -0.610. The highest BCUT2D eigenvalue weighted by Crippen LogP contribution is 2.17. The van der Waals surface area contributed by atoms with Gasteiger partial charge in [-0.2, -0.15) is 0 Å². The highest BCUT2D eigenvalue weighted by Gasteiger charge is 2.18. The molecule has 0 aromatic carbocycles. The second kappa shape index (κ2) is 6.80. The molecule has 0 heterocycles. The summed E-state index contributed by atoms with van der Waals surface area (Å²) in [6.07, 6.45) is 7.18. The lowest BCUT2D eigenvalue weighted by Crippen LogP contribution is -2.47. The van der Waals surface area contributed by atoms with Crippen LogP contribution in [0.25, 0.3) is 0 Å². The van der Waals surface area contributed by atoms with E-state index in [-0.39, 0.29) is 5.91 Å². The van der Waals surface area contributed by atoms with Crippen LogP contribution in [-0.4, -0.2) is 31.7 Å². The summed E-state index contributed by atoms with van der Waals surface area (Å²) < 4.78 is 4.85. The number of hydrogen-bond acceptors (Lipinski definition) is 3. The van der Waals surface area contributed by atoms with Crippen LogP contribution in [0, 0.1) is 0 Å². The molecule has 1 aliphatic rings. The van der Waals surface area contributed by atoms with Gasteiger partial charge in [-0.3, -0.25) is 4.79 Å². The van der Waals surface area contributed by atoms with Crippen molar-refractivity contribution in [2.45, 2.75) is 50.6 Å². The Bertz CT molecular complexity index is 189. The number of nitrogens with two attached hydrogens (primary N) is 1. The van der Waals surface area contributed by atoms with Crippen LogP contribution < -0.4 is 11.1 Å². The average Bonchev–Trinajstić information content (AvgIpc) is 2.46. The Balaban J connectivity index is 2.28. The fourth-order valence-corrected chi connectivity index (χ4v) is 1.99. The minimum atomic E-state index is -0.529. The molecule has 0 bridgehead atoms. The van der Waals surface area contributed by atoms with Crippen LogP contribution in [0.3, 0.4) is 0 Å². The highest BCUT2D eigenvalue weighted by atomic mass is 16.5. The molecule has 0 aromatic rings. The SMILES string of the molecule is COCC(N)C(=O)NC1CCCCCC1. The fraction of sp³-hybridized carbons (Fsp3) is 0.909. The standard InChI is InChI=1S/C11H22N2O2/c1-15-8-10(12)11(14)13-9-6-4-2-3-5-7-9/h9-10H,2-8,12H2,1H3,(H,13,14). The van der Waals surface area contributed by atoms with Crippen molar-refractivity contribution in [2.75, 3.05) is 13.7 Å². The largest absolute Gasteiger partial charge is 0.383 e. The van der Waals surface area contributed by atoms with Crippen LogP contribution in [0.4, 0.5) is 0 Å². The molecule has 15 heavy (non-hydrogen) atoms. The monoisotopic (exact) mass is 214 g/mol. The zero-order valence-corrected chi connectivity index (χ0v) is 9.50. The van der Waals surface area contributed by atoms with E-state index < -0.39 is 6.04 Å². The summed E-state index contributed by atoms with van der Waals surface area (Å²) in [5.74, 6) is -0.0799. The zero-order chi connectivity index (χ0) is 11.1. The Labute approximate surface area is 91.5 Å². The molecular formula is C11H22N2O2. The first-order chi connectivity index (χ1) is 7.24. The summed E-state index contributed by atoms with van der Waals surface area (Å²) in [7, 11) is 1.55. The summed E-state index contributed by atoms with van der Waals surface area (Å²) in [6.45, 7) is 0.290. The van der Waals surface area contributed by atoms with Crippen LogP contribution in [0.2, 0.25) is 0 Å². The number of carbonyl (C=O) groups is 1. The number of amides is 1. The maximum atomic E-state index is 11.6. The minimum absolute atomic E-state index is 0.0799. The van der Waals surface area contributed by atoms with Gasteiger partial charge >= 0.3 is 0 Å². The van der Waals surface area contributed by atoms with Crippen molar-refractivity contribution in [3.05, 3.63) is 0 Å². The molecule has 4 heteroatoms. The molecule has 1 aliphatic carbocycles. The first-order valence-electron chi connectivity index (χ1n) is 5.79. The van der Waals surface area contributed by atoms with E-state index in [0.29, 0.717) is 12.6 Å². The number of hydrogen-bond donors (Lipinski definition) is 2. The van der Waals surface area contributed by atoms with Gasteiger partial charge in [-0.1, -0.05) is 25.7 Å². The molecular weight excluding hydrogens is 192 g/mol. The molecule has 1 fully saturated rings. The molecule has 1 saturated carbocycles. The van der Waals surface area contributed by atoms with E-state index in [4.69, 9.17) is 10.5 Å². The molecule has 1 rings (SSSR count). The third-order valence-electron chi connectivity index (χ3n) is 2.88. The van der Waals surface area contributed by atoms with Crippen molar-refractivity contribution in [1.82, 2.24) is 5.32 Å². The lowest BCUT2D eigenvalue weighted by atomic mass is 10.1. The minimum Gasteiger partial charge on any atom is -0.383 e. The summed E-state index contributed by atoms with van der Waals surface area (Å²) >= 11 is 0. The van der Waals surface area contributed by atoms with Crippen LogP contribution in [-0.2, 0) is 9.53 Å². The van der Waals surface area contributed by atoms with E-state index in [1.54, 1.807) is 7.11 Å². The number of rotatable bonds is 4. The quantitative estimate of drug-likeness (QED) is 0.680. The first-order valence-corrected chi connectivity index (χ1v) is 5.79. The average molecular weight is 214 g/mol. The van der Waals surface area contributed by atoms with Gasteiger partial charge in [0.05, 0.1) is 6.61 Å². The maximum Gasteiger partial charge on any atom is 0.239 e. The normalized spacial score (nSPS) is 20.7. The van der Waals surface area contributed by atoms with Gasteiger partial charge in [0.15, 0.2) is 0 Å².